The number of anilines is 1. The van der Waals surface area contributed by atoms with E-state index in [1.165, 1.54) is 4.88 Å². The summed E-state index contributed by atoms with van der Waals surface area (Å²) in [7, 11) is 1.60. The highest BCUT2D eigenvalue weighted by Crippen LogP contribution is 2.35. The molecule has 2 aromatic carbocycles. The second-order valence-corrected chi connectivity index (χ2v) is 9.91. The first-order valence-electron chi connectivity index (χ1n) is 11.9. The van der Waals surface area contributed by atoms with Crippen LogP contribution in [-0.2, 0) is 11.2 Å². The Bertz CT molecular complexity index is 1200. The maximum atomic E-state index is 13.6. The molecular weight excluding hydrogens is 498 g/mol. The number of halogens is 1. The van der Waals surface area contributed by atoms with Gasteiger partial charge in [0.25, 0.3) is 0 Å². The van der Waals surface area contributed by atoms with Gasteiger partial charge in [-0.05, 0) is 60.2 Å². The van der Waals surface area contributed by atoms with E-state index < -0.39 is 0 Å². The molecule has 1 aliphatic rings. The monoisotopic (exact) mass is 527 g/mol. The van der Waals surface area contributed by atoms with Crippen molar-refractivity contribution in [1.82, 2.24) is 9.80 Å². The predicted octanol–water partition coefficient (Wildman–Crippen LogP) is 5.86. The summed E-state index contributed by atoms with van der Waals surface area (Å²) in [5, 5.41) is 5.44. The van der Waals surface area contributed by atoms with Crippen molar-refractivity contribution in [3.8, 4) is 11.5 Å². The molecule has 1 aromatic heterocycles. The molecule has 1 atom stereocenters. The number of rotatable bonds is 9. The molecule has 2 heterocycles. The molecule has 0 bridgehead atoms. The van der Waals surface area contributed by atoms with Crippen LogP contribution >= 0.6 is 22.9 Å². The molecule has 0 fully saturated rings. The van der Waals surface area contributed by atoms with Crippen LogP contribution in [0.5, 0.6) is 11.5 Å². The minimum atomic E-state index is -0.331. The SMILES string of the molecule is CCCN(CC(=O)N1CCc2sccc2[C@@H]1COc1ccccc1OC)C(=O)Nc1cccc(Cl)c1. The van der Waals surface area contributed by atoms with Gasteiger partial charge >= 0.3 is 6.03 Å². The number of para-hydroxylation sites is 2. The Morgan fingerprint density at radius 3 is 2.72 bits per heavy atom. The molecule has 0 saturated carbocycles. The summed E-state index contributed by atoms with van der Waals surface area (Å²) in [5.41, 5.74) is 1.69. The zero-order chi connectivity index (χ0) is 25.5. The molecule has 7 nitrogen and oxygen atoms in total. The Balaban J connectivity index is 1.49. The van der Waals surface area contributed by atoms with Crippen molar-refractivity contribution in [3.05, 3.63) is 75.4 Å². The maximum absolute atomic E-state index is 13.6. The van der Waals surface area contributed by atoms with Crippen molar-refractivity contribution in [2.75, 3.05) is 38.7 Å². The number of fused-ring (bicyclic) bond motifs is 1. The van der Waals surface area contributed by atoms with Gasteiger partial charge in [-0.15, -0.1) is 11.3 Å². The number of carbonyl (C=O) groups is 2. The minimum Gasteiger partial charge on any atom is -0.493 e. The fraction of sp³-hybridized carbons (Fsp3) is 0.333. The number of thiophene rings is 1. The standard InChI is InChI=1S/C27H30ClN3O4S/c1-3-13-30(27(33)29-20-8-6-7-19(28)16-20)17-26(32)31-14-11-25-21(12-15-36-25)22(31)18-35-24-10-5-4-9-23(24)34-2/h4-10,12,15-16,22H,3,11,13-14,17-18H2,1-2H3,(H,29,33)/t22-/m0/s1. The fourth-order valence-electron chi connectivity index (χ4n) is 4.33. The molecule has 0 aliphatic carbocycles. The van der Waals surface area contributed by atoms with E-state index in [0.717, 1.165) is 18.4 Å². The summed E-state index contributed by atoms with van der Waals surface area (Å²) >= 11 is 7.75. The normalized spacial score (nSPS) is 14.6. The molecule has 1 N–H and O–H groups in total. The van der Waals surface area contributed by atoms with E-state index >= 15 is 0 Å². The molecule has 9 heteroatoms. The second-order valence-electron chi connectivity index (χ2n) is 8.48. The Morgan fingerprint density at radius 2 is 1.97 bits per heavy atom. The highest BCUT2D eigenvalue weighted by molar-refractivity contribution is 7.10. The third kappa shape index (κ3) is 6.12. The summed E-state index contributed by atoms with van der Waals surface area (Å²) < 4.78 is 11.6. The summed E-state index contributed by atoms with van der Waals surface area (Å²) in [6.45, 7) is 3.27. The molecule has 0 saturated heterocycles. The lowest BCUT2D eigenvalue weighted by molar-refractivity contribution is -0.135. The highest BCUT2D eigenvalue weighted by Gasteiger charge is 2.33. The number of hydrogen-bond acceptors (Lipinski definition) is 5. The van der Waals surface area contributed by atoms with E-state index in [1.54, 1.807) is 47.6 Å². The average molecular weight is 528 g/mol. The Labute approximate surface area is 220 Å². The van der Waals surface area contributed by atoms with E-state index in [2.05, 4.69) is 16.8 Å². The van der Waals surface area contributed by atoms with Crippen molar-refractivity contribution >= 4 is 40.6 Å². The number of methoxy groups -OCH3 is 1. The topological polar surface area (TPSA) is 71.1 Å². The zero-order valence-electron chi connectivity index (χ0n) is 20.4. The average Bonchev–Trinajstić information content (AvgIpc) is 3.36. The van der Waals surface area contributed by atoms with E-state index in [9.17, 15) is 9.59 Å². The number of ether oxygens (including phenoxy) is 2. The first kappa shape index (κ1) is 25.9. The van der Waals surface area contributed by atoms with E-state index in [-0.39, 0.29) is 24.5 Å². The molecule has 3 aromatic rings. The molecule has 0 unspecified atom stereocenters. The number of benzene rings is 2. The number of hydrogen-bond donors (Lipinski definition) is 1. The van der Waals surface area contributed by atoms with E-state index in [0.29, 0.717) is 41.9 Å². The summed E-state index contributed by atoms with van der Waals surface area (Å²) in [5.74, 6) is 1.15. The van der Waals surface area contributed by atoms with Gasteiger partial charge in [0.15, 0.2) is 11.5 Å². The van der Waals surface area contributed by atoms with Crippen LogP contribution in [0.25, 0.3) is 0 Å². The Morgan fingerprint density at radius 1 is 1.17 bits per heavy atom. The van der Waals surface area contributed by atoms with Gasteiger partial charge in [-0.2, -0.15) is 0 Å². The van der Waals surface area contributed by atoms with Crippen LogP contribution in [0.1, 0.15) is 29.8 Å². The third-order valence-corrected chi connectivity index (χ3v) is 7.30. The van der Waals surface area contributed by atoms with Crippen molar-refractivity contribution in [3.63, 3.8) is 0 Å². The number of amides is 3. The smallest absolute Gasteiger partial charge is 0.322 e. The molecule has 3 amide bonds. The third-order valence-electron chi connectivity index (χ3n) is 6.06. The van der Waals surface area contributed by atoms with Gasteiger partial charge in [0.2, 0.25) is 5.91 Å². The van der Waals surface area contributed by atoms with Crippen molar-refractivity contribution < 1.29 is 19.1 Å². The first-order chi connectivity index (χ1) is 17.5. The van der Waals surface area contributed by atoms with E-state index in [4.69, 9.17) is 21.1 Å². The van der Waals surface area contributed by atoms with Gasteiger partial charge in [-0.3, -0.25) is 4.79 Å². The van der Waals surface area contributed by atoms with Crippen LogP contribution < -0.4 is 14.8 Å². The van der Waals surface area contributed by atoms with Crippen LogP contribution in [0.3, 0.4) is 0 Å². The second kappa shape index (κ2) is 12.1. The van der Waals surface area contributed by atoms with Gasteiger partial charge in [0.1, 0.15) is 13.2 Å². The molecule has 190 valence electrons. The fourth-order valence-corrected chi connectivity index (χ4v) is 5.45. The largest absolute Gasteiger partial charge is 0.493 e. The summed E-state index contributed by atoms with van der Waals surface area (Å²) in [4.78, 5) is 31.2. The van der Waals surface area contributed by atoms with Gasteiger partial charge in [0, 0.05) is 28.7 Å². The van der Waals surface area contributed by atoms with Gasteiger partial charge in [-0.1, -0.05) is 36.7 Å². The van der Waals surface area contributed by atoms with Crippen molar-refractivity contribution in [2.24, 2.45) is 0 Å². The minimum absolute atomic E-state index is 0.0229. The van der Waals surface area contributed by atoms with E-state index in [1.807, 2.05) is 36.1 Å². The van der Waals surface area contributed by atoms with Crippen molar-refractivity contribution in [1.29, 1.82) is 0 Å². The zero-order valence-corrected chi connectivity index (χ0v) is 22.0. The molecule has 0 spiro atoms. The van der Waals surface area contributed by atoms with Crippen LogP contribution in [0.2, 0.25) is 5.02 Å². The lowest BCUT2D eigenvalue weighted by atomic mass is 10.0. The molecule has 4 rings (SSSR count). The number of nitrogens with one attached hydrogen (secondary N) is 1. The Kier molecular flexibility index (Phi) is 8.72. The van der Waals surface area contributed by atoms with Crippen LogP contribution in [0.4, 0.5) is 10.5 Å². The molecule has 0 radical (unpaired) electrons. The highest BCUT2D eigenvalue weighted by atomic mass is 35.5. The van der Waals surface area contributed by atoms with Crippen LogP contribution in [0, 0.1) is 0 Å². The van der Waals surface area contributed by atoms with Crippen LogP contribution in [-0.4, -0.2) is 55.1 Å². The Hall–Kier alpha value is -3.23. The molecular formula is C27H30ClN3O4S. The van der Waals surface area contributed by atoms with Gasteiger partial charge in [0.05, 0.1) is 13.2 Å². The number of carbonyl (C=O) groups excluding carboxylic acids is 2. The molecule has 1 aliphatic heterocycles. The van der Waals surface area contributed by atoms with Gasteiger partial charge < -0.3 is 24.6 Å². The molecule has 36 heavy (non-hydrogen) atoms. The first-order valence-corrected chi connectivity index (χ1v) is 13.2. The van der Waals surface area contributed by atoms with Crippen LogP contribution in [0.15, 0.2) is 60.0 Å². The maximum Gasteiger partial charge on any atom is 0.322 e. The quantitative estimate of drug-likeness (QED) is 0.378. The lowest BCUT2D eigenvalue weighted by Crippen LogP contribution is -2.48. The predicted molar refractivity (Wildman–Crippen MR) is 143 cm³/mol. The van der Waals surface area contributed by atoms with Crippen molar-refractivity contribution in [2.45, 2.75) is 25.8 Å². The number of nitrogens with zero attached hydrogens (tertiary/aromatic N) is 2. The summed E-state index contributed by atoms with van der Waals surface area (Å²) in [6.07, 6.45) is 1.51. The van der Waals surface area contributed by atoms with Gasteiger partial charge in [-0.25, -0.2) is 4.79 Å². The number of urea groups is 1. The summed E-state index contributed by atoms with van der Waals surface area (Å²) in [6, 6.07) is 15.9. The lowest BCUT2D eigenvalue weighted by Gasteiger charge is -2.37.